The second kappa shape index (κ2) is 5.20. The molecule has 0 radical (unpaired) electrons. The lowest BCUT2D eigenvalue weighted by Gasteiger charge is -2.21. The summed E-state index contributed by atoms with van der Waals surface area (Å²) in [5.74, 6) is -1.82. The summed E-state index contributed by atoms with van der Waals surface area (Å²) in [6.07, 6.45) is 4.33. The second-order valence-electron chi connectivity index (χ2n) is 5.30. The molecule has 6 heteroatoms. The van der Waals surface area contributed by atoms with E-state index in [4.69, 9.17) is 5.11 Å². The van der Waals surface area contributed by atoms with Crippen LogP contribution >= 0.6 is 0 Å². The highest BCUT2D eigenvalue weighted by molar-refractivity contribution is 5.94. The number of rotatable bonds is 2. The molecule has 0 fully saturated rings. The number of benzene rings is 1. The van der Waals surface area contributed by atoms with Crippen LogP contribution in [0.5, 0.6) is 0 Å². The van der Waals surface area contributed by atoms with Gasteiger partial charge in [-0.1, -0.05) is 18.2 Å². The van der Waals surface area contributed by atoms with Gasteiger partial charge < -0.3 is 10.4 Å². The van der Waals surface area contributed by atoms with E-state index < -0.39 is 11.9 Å². The molecule has 0 bridgehead atoms. The van der Waals surface area contributed by atoms with E-state index in [9.17, 15) is 14.0 Å². The van der Waals surface area contributed by atoms with Gasteiger partial charge in [-0.2, -0.15) is 0 Å². The molecule has 1 aliphatic heterocycles. The van der Waals surface area contributed by atoms with Crippen LogP contribution in [-0.4, -0.2) is 29.7 Å². The van der Waals surface area contributed by atoms with E-state index in [1.165, 1.54) is 17.0 Å². The number of carbonyl (C=O) groups excluding carboxylic acids is 1. The summed E-state index contributed by atoms with van der Waals surface area (Å²) in [5.41, 5.74) is 1.53. The highest BCUT2D eigenvalue weighted by atomic mass is 19.1. The van der Waals surface area contributed by atoms with Gasteiger partial charge in [0, 0.05) is 6.54 Å². The van der Waals surface area contributed by atoms with E-state index in [1.807, 2.05) is 0 Å². The number of fused-ring (bicyclic) bond motifs is 1. The molecule has 0 spiro atoms. The smallest absolute Gasteiger partial charge is 0.322 e. The number of hydrogen-bond donors (Lipinski definition) is 2. The lowest BCUT2D eigenvalue weighted by atomic mass is 10.1. The molecule has 1 aliphatic carbocycles. The van der Waals surface area contributed by atoms with Crippen LogP contribution in [-0.2, 0) is 11.2 Å². The zero-order chi connectivity index (χ0) is 15.0. The average molecular weight is 290 g/mol. The first-order valence-corrected chi connectivity index (χ1v) is 6.82. The summed E-state index contributed by atoms with van der Waals surface area (Å²) in [7, 11) is 0. The number of halogens is 1. The summed E-state index contributed by atoms with van der Waals surface area (Å²) in [6.45, 7) is 0.503. The SMILES string of the molecule is O=C(O)C1C=CC(NC(=O)N2CCc3ccc(F)cc32)C1. The van der Waals surface area contributed by atoms with Crippen LogP contribution in [0.4, 0.5) is 14.9 Å². The van der Waals surface area contributed by atoms with Gasteiger partial charge in [-0.3, -0.25) is 9.69 Å². The first-order valence-electron chi connectivity index (χ1n) is 6.82. The van der Waals surface area contributed by atoms with Crippen molar-refractivity contribution >= 4 is 17.7 Å². The number of amides is 2. The standard InChI is InChI=1S/C15H15FN2O3/c16-11-3-1-9-5-6-18(13(9)8-11)15(21)17-12-4-2-10(7-12)14(19)20/h1-4,8,10,12H,5-7H2,(H,17,21)(H,19,20). The molecule has 2 amide bonds. The zero-order valence-electron chi connectivity index (χ0n) is 11.3. The molecular formula is C15H15FN2O3. The fourth-order valence-electron chi connectivity index (χ4n) is 2.79. The summed E-state index contributed by atoms with van der Waals surface area (Å²) in [4.78, 5) is 24.6. The van der Waals surface area contributed by atoms with Crippen LogP contribution in [0.25, 0.3) is 0 Å². The average Bonchev–Trinajstić information content (AvgIpc) is 3.04. The lowest BCUT2D eigenvalue weighted by Crippen LogP contribution is -2.43. The van der Waals surface area contributed by atoms with Gasteiger partial charge in [0.25, 0.3) is 0 Å². The minimum Gasteiger partial charge on any atom is -0.481 e. The van der Waals surface area contributed by atoms with Crippen LogP contribution in [0.2, 0.25) is 0 Å². The number of carboxylic acid groups (broad SMARTS) is 1. The number of nitrogens with zero attached hydrogens (tertiary/aromatic N) is 1. The molecule has 2 atom stereocenters. The predicted molar refractivity (Wildman–Crippen MR) is 74.7 cm³/mol. The lowest BCUT2D eigenvalue weighted by molar-refractivity contribution is -0.140. The Balaban J connectivity index is 1.67. The minimum atomic E-state index is -0.892. The number of anilines is 1. The fraction of sp³-hybridized carbons (Fsp3) is 0.333. The third-order valence-corrected chi connectivity index (χ3v) is 3.90. The van der Waals surface area contributed by atoms with E-state index in [-0.39, 0.29) is 17.9 Å². The number of carbonyl (C=O) groups is 2. The first kappa shape index (κ1) is 13.6. The van der Waals surface area contributed by atoms with Crippen LogP contribution in [0.1, 0.15) is 12.0 Å². The Morgan fingerprint density at radius 2 is 2.14 bits per heavy atom. The quantitative estimate of drug-likeness (QED) is 0.818. The molecule has 2 N–H and O–H groups in total. The molecule has 5 nitrogen and oxygen atoms in total. The minimum absolute atomic E-state index is 0.295. The van der Waals surface area contributed by atoms with Crippen molar-refractivity contribution < 1.29 is 19.1 Å². The third-order valence-electron chi connectivity index (χ3n) is 3.90. The fourth-order valence-corrected chi connectivity index (χ4v) is 2.79. The topological polar surface area (TPSA) is 69.6 Å². The van der Waals surface area contributed by atoms with E-state index >= 15 is 0 Å². The van der Waals surface area contributed by atoms with Gasteiger partial charge in [0.15, 0.2) is 0 Å². The van der Waals surface area contributed by atoms with Crippen molar-refractivity contribution in [2.75, 3.05) is 11.4 Å². The maximum Gasteiger partial charge on any atom is 0.322 e. The summed E-state index contributed by atoms with van der Waals surface area (Å²) in [6, 6.07) is 3.81. The van der Waals surface area contributed by atoms with Gasteiger partial charge in [-0.15, -0.1) is 0 Å². The number of urea groups is 1. The van der Waals surface area contributed by atoms with Crippen LogP contribution in [0, 0.1) is 11.7 Å². The number of aliphatic carboxylic acids is 1. The third kappa shape index (κ3) is 2.61. The van der Waals surface area contributed by atoms with Gasteiger partial charge in [0.1, 0.15) is 5.82 Å². The highest BCUT2D eigenvalue weighted by Gasteiger charge is 2.29. The molecule has 1 aromatic rings. The van der Waals surface area contributed by atoms with Crippen LogP contribution in [0.3, 0.4) is 0 Å². The maximum absolute atomic E-state index is 13.3. The van der Waals surface area contributed by atoms with E-state index in [1.54, 1.807) is 18.2 Å². The van der Waals surface area contributed by atoms with E-state index in [2.05, 4.69) is 5.32 Å². The molecule has 1 aromatic carbocycles. The normalized spacial score (nSPS) is 23.2. The van der Waals surface area contributed by atoms with Crippen molar-refractivity contribution in [3.8, 4) is 0 Å². The van der Waals surface area contributed by atoms with Crippen LogP contribution < -0.4 is 10.2 Å². The summed E-state index contributed by atoms with van der Waals surface area (Å²) < 4.78 is 13.3. The number of carboxylic acids is 1. The molecule has 0 saturated heterocycles. The Labute approximate surface area is 121 Å². The van der Waals surface area contributed by atoms with Gasteiger partial charge in [-0.25, -0.2) is 9.18 Å². The largest absolute Gasteiger partial charge is 0.481 e. The van der Waals surface area contributed by atoms with Crippen LogP contribution in [0.15, 0.2) is 30.4 Å². The molecule has 2 aliphatic rings. The summed E-state index contributed by atoms with van der Waals surface area (Å²) >= 11 is 0. The van der Waals surface area contributed by atoms with Gasteiger partial charge >= 0.3 is 12.0 Å². The van der Waals surface area contributed by atoms with Gasteiger partial charge in [0.05, 0.1) is 17.6 Å². The highest BCUT2D eigenvalue weighted by Crippen LogP contribution is 2.29. The van der Waals surface area contributed by atoms with Crippen molar-refractivity contribution in [1.29, 1.82) is 0 Å². The molecule has 0 aromatic heterocycles. The van der Waals surface area contributed by atoms with E-state index in [0.717, 1.165) is 5.56 Å². The van der Waals surface area contributed by atoms with Crippen molar-refractivity contribution in [3.05, 3.63) is 41.7 Å². The molecule has 3 rings (SSSR count). The second-order valence-corrected chi connectivity index (χ2v) is 5.30. The monoisotopic (exact) mass is 290 g/mol. The molecule has 1 heterocycles. The molecule has 0 saturated carbocycles. The molecular weight excluding hydrogens is 275 g/mol. The van der Waals surface area contributed by atoms with E-state index in [0.29, 0.717) is 25.1 Å². The maximum atomic E-state index is 13.3. The predicted octanol–water partition coefficient (Wildman–Crippen LogP) is 1.93. The molecule has 21 heavy (non-hydrogen) atoms. The van der Waals surface area contributed by atoms with Gasteiger partial charge in [0.2, 0.25) is 0 Å². The van der Waals surface area contributed by atoms with Gasteiger partial charge in [-0.05, 0) is 30.5 Å². The Kier molecular flexibility index (Phi) is 3.37. The molecule has 2 unspecified atom stereocenters. The zero-order valence-corrected chi connectivity index (χ0v) is 11.3. The Morgan fingerprint density at radius 1 is 1.33 bits per heavy atom. The molecule has 110 valence electrons. The number of nitrogens with one attached hydrogen (secondary N) is 1. The Hall–Kier alpha value is -2.37. The first-order chi connectivity index (χ1) is 10.0. The van der Waals surface area contributed by atoms with Crippen molar-refractivity contribution in [2.24, 2.45) is 5.92 Å². The van der Waals surface area contributed by atoms with Crippen molar-refractivity contribution in [2.45, 2.75) is 18.9 Å². The Bertz CT molecular complexity index is 629. The van der Waals surface area contributed by atoms with Crippen molar-refractivity contribution in [1.82, 2.24) is 5.32 Å². The summed E-state index contributed by atoms with van der Waals surface area (Å²) in [5, 5.41) is 11.7. The Morgan fingerprint density at radius 3 is 2.86 bits per heavy atom. The number of hydrogen-bond acceptors (Lipinski definition) is 2. The van der Waals surface area contributed by atoms with Crippen molar-refractivity contribution in [3.63, 3.8) is 0 Å².